The number of hydrogen-bond acceptors (Lipinski definition) is 5. The van der Waals surface area contributed by atoms with E-state index in [1.807, 2.05) is 13.1 Å². The van der Waals surface area contributed by atoms with Gasteiger partial charge in [0.1, 0.15) is 17.5 Å². The minimum Gasteiger partial charge on any atom is -0.373 e. The molecule has 2 N–H and O–H groups in total. The maximum atomic E-state index is 11.4. The number of rotatable bonds is 3. The van der Waals surface area contributed by atoms with Crippen molar-refractivity contribution in [1.82, 2.24) is 15.3 Å². The molecule has 0 spiro atoms. The second-order valence-electron chi connectivity index (χ2n) is 4.96. The van der Waals surface area contributed by atoms with Crippen molar-refractivity contribution in [2.24, 2.45) is 0 Å². The van der Waals surface area contributed by atoms with Crippen LogP contribution in [-0.4, -0.2) is 42.6 Å². The van der Waals surface area contributed by atoms with Crippen molar-refractivity contribution in [2.45, 2.75) is 26.2 Å². The topological polar surface area (TPSA) is 70.2 Å². The van der Waals surface area contributed by atoms with E-state index >= 15 is 0 Å². The van der Waals surface area contributed by atoms with Gasteiger partial charge in [-0.2, -0.15) is 0 Å². The maximum Gasteiger partial charge on any atom is 0.221 e. The zero-order valence-corrected chi connectivity index (χ0v) is 11.7. The third-order valence-corrected chi connectivity index (χ3v) is 3.14. The molecule has 0 radical (unpaired) electrons. The normalized spacial score (nSPS) is 16.2. The Morgan fingerprint density at radius 3 is 2.84 bits per heavy atom. The summed E-state index contributed by atoms with van der Waals surface area (Å²) in [6, 6.07) is 1.93. The van der Waals surface area contributed by atoms with Crippen LogP contribution in [0.5, 0.6) is 0 Å². The van der Waals surface area contributed by atoms with Crippen molar-refractivity contribution in [1.29, 1.82) is 0 Å². The summed E-state index contributed by atoms with van der Waals surface area (Å²) in [7, 11) is 1.85. The van der Waals surface area contributed by atoms with E-state index in [2.05, 4.69) is 39.3 Å². The molecule has 6 nitrogen and oxygen atoms in total. The van der Waals surface area contributed by atoms with Crippen molar-refractivity contribution in [3.8, 4) is 0 Å². The molecule has 0 bridgehead atoms. The summed E-state index contributed by atoms with van der Waals surface area (Å²) >= 11 is 0. The standard InChI is InChI=1S/C13H21N5O/c1-9(2)13-16-10(14-3)8-11(17-13)18-6-4-12(19)15-5-7-18/h8-9H,4-7H2,1-3H3,(H,15,19)(H,14,16,17). The van der Waals surface area contributed by atoms with Crippen LogP contribution in [0.1, 0.15) is 32.0 Å². The minimum absolute atomic E-state index is 0.106. The molecule has 0 saturated carbocycles. The molecule has 1 aliphatic rings. The van der Waals surface area contributed by atoms with E-state index in [9.17, 15) is 4.79 Å². The smallest absolute Gasteiger partial charge is 0.221 e. The molecule has 1 amide bonds. The number of nitrogens with one attached hydrogen (secondary N) is 2. The lowest BCUT2D eigenvalue weighted by atomic mass is 10.2. The first-order chi connectivity index (χ1) is 9.10. The van der Waals surface area contributed by atoms with Gasteiger partial charge in [0.2, 0.25) is 5.91 Å². The van der Waals surface area contributed by atoms with Crippen molar-refractivity contribution in [3.63, 3.8) is 0 Å². The van der Waals surface area contributed by atoms with Gasteiger partial charge in [-0.1, -0.05) is 13.8 Å². The first-order valence-corrected chi connectivity index (χ1v) is 6.68. The summed E-state index contributed by atoms with van der Waals surface area (Å²) in [4.78, 5) is 22.6. The van der Waals surface area contributed by atoms with Crippen LogP contribution < -0.4 is 15.5 Å². The van der Waals surface area contributed by atoms with E-state index in [1.54, 1.807) is 0 Å². The second kappa shape index (κ2) is 5.86. The predicted molar refractivity (Wildman–Crippen MR) is 75.5 cm³/mol. The fourth-order valence-electron chi connectivity index (χ4n) is 2.00. The summed E-state index contributed by atoms with van der Waals surface area (Å²) in [6.45, 7) is 6.29. The Bertz CT molecular complexity index is 460. The van der Waals surface area contributed by atoms with Gasteiger partial charge in [0.05, 0.1) is 0 Å². The molecule has 0 unspecified atom stereocenters. The van der Waals surface area contributed by atoms with E-state index in [0.717, 1.165) is 24.0 Å². The third-order valence-electron chi connectivity index (χ3n) is 3.14. The van der Waals surface area contributed by atoms with E-state index < -0.39 is 0 Å². The van der Waals surface area contributed by atoms with Gasteiger partial charge in [-0.25, -0.2) is 9.97 Å². The first-order valence-electron chi connectivity index (χ1n) is 6.68. The molecule has 1 fully saturated rings. The van der Waals surface area contributed by atoms with E-state index in [1.165, 1.54) is 0 Å². The minimum atomic E-state index is 0.106. The summed E-state index contributed by atoms with van der Waals surface area (Å²) in [6.07, 6.45) is 0.510. The van der Waals surface area contributed by atoms with E-state index in [0.29, 0.717) is 19.5 Å². The lowest BCUT2D eigenvalue weighted by Gasteiger charge is -2.22. The molecule has 1 aromatic rings. The molecule has 1 aliphatic heterocycles. The number of aromatic nitrogens is 2. The number of amides is 1. The Morgan fingerprint density at radius 1 is 1.37 bits per heavy atom. The predicted octanol–water partition coefficient (Wildman–Crippen LogP) is 0.968. The summed E-state index contributed by atoms with van der Waals surface area (Å²) < 4.78 is 0. The van der Waals surface area contributed by atoms with Gasteiger partial charge >= 0.3 is 0 Å². The summed E-state index contributed by atoms with van der Waals surface area (Å²) in [5.74, 6) is 2.91. The summed E-state index contributed by atoms with van der Waals surface area (Å²) in [5.41, 5.74) is 0. The summed E-state index contributed by atoms with van der Waals surface area (Å²) in [5, 5.41) is 5.94. The van der Waals surface area contributed by atoms with Crippen LogP contribution in [0.15, 0.2) is 6.07 Å². The molecule has 19 heavy (non-hydrogen) atoms. The average Bonchev–Trinajstić information content (AvgIpc) is 2.63. The van der Waals surface area contributed by atoms with E-state index in [4.69, 9.17) is 0 Å². The Morgan fingerprint density at radius 2 is 2.16 bits per heavy atom. The van der Waals surface area contributed by atoms with Gasteiger partial charge in [-0.3, -0.25) is 4.79 Å². The number of anilines is 2. The molecule has 2 heterocycles. The van der Waals surface area contributed by atoms with Crippen LogP contribution in [0.3, 0.4) is 0 Å². The van der Waals surface area contributed by atoms with Gasteiger partial charge in [-0.15, -0.1) is 0 Å². The van der Waals surface area contributed by atoms with Crippen LogP contribution >= 0.6 is 0 Å². The monoisotopic (exact) mass is 263 g/mol. The fourth-order valence-corrected chi connectivity index (χ4v) is 2.00. The molecule has 1 saturated heterocycles. The zero-order chi connectivity index (χ0) is 13.8. The highest BCUT2D eigenvalue weighted by Crippen LogP contribution is 2.20. The van der Waals surface area contributed by atoms with Crippen LogP contribution in [0.4, 0.5) is 11.6 Å². The van der Waals surface area contributed by atoms with Gasteiger partial charge in [0, 0.05) is 45.1 Å². The molecule has 0 atom stereocenters. The van der Waals surface area contributed by atoms with Crippen LogP contribution in [-0.2, 0) is 4.79 Å². The van der Waals surface area contributed by atoms with Crippen molar-refractivity contribution in [2.75, 3.05) is 36.9 Å². The fraction of sp³-hybridized carbons (Fsp3) is 0.615. The molecular weight excluding hydrogens is 242 g/mol. The number of nitrogens with zero attached hydrogens (tertiary/aromatic N) is 3. The van der Waals surface area contributed by atoms with Crippen LogP contribution in [0.25, 0.3) is 0 Å². The molecule has 0 aliphatic carbocycles. The maximum absolute atomic E-state index is 11.4. The van der Waals surface area contributed by atoms with Gasteiger partial charge in [0.25, 0.3) is 0 Å². The van der Waals surface area contributed by atoms with Gasteiger partial charge < -0.3 is 15.5 Å². The van der Waals surface area contributed by atoms with Gasteiger partial charge in [-0.05, 0) is 0 Å². The SMILES string of the molecule is CNc1cc(N2CCNC(=O)CC2)nc(C(C)C)n1. The Balaban J connectivity index is 2.27. The Kier molecular flexibility index (Phi) is 4.19. The molecule has 6 heteroatoms. The van der Waals surface area contributed by atoms with Crippen molar-refractivity contribution >= 4 is 17.5 Å². The molecular formula is C13H21N5O. The lowest BCUT2D eigenvalue weighted by Crippen LogP contribution is -2.29. The number of hydrogen-bond donors (Lipinski definition) is 2. The quantitative estimate of drug-likeness (QED) is 0.850. The highest BCUT2D eigenvalue weighted by atomic mass is 16.1. The van der Waals surface area contributed by atoms with Gasteiger partial charge in [0.15, 0.2) is 0 Å². The number of carbonyl (C=O) groups excluding carboxylic acids is 1. The Hall–Kier alpha value is -1.85. The van der Waals surface area contributed by atoms with Crippen molar-refractivity contribution in [3.05, 3.63) is 11.9 Å². The van der Waals surface area contributed by atoms with E-state index in [-0.39, 0.29) is 11.8 Å². The third kappa shape index (κ3) is 3.33. The lowest BCUT2D eigenvalue weighted by molar-refractivity contribution is -0.120. The first kappa shape index (κ1) is 13.6. The molecule has 2 rings (SSSR count). The second-order valence-corrected chi connectivity index (χ2v) is 4.96. The van der Waals surface area contributed by atoms with Crippen molar-refractivity contribution < 1.29 is 4.79 Å². The molecule has 104 valence electrons. The molecule has 1 aromatic heterocycles. The zero-order valence-electron chi connectivity index (χ0n) is 11.7. The molecule has 0 aromatic carbocycles. The highest BCUT2D eigenvalue weighted by molar-refractivity contribution is 5.77. The van der Waals surface area contributed by atoms with Crippen LogP contribution in [0, 0.1) is 0 Å². The largest absolute Gasteiger partial charge is 0.373 e. The Labute approximate surface area is 113 Å². The number of carbonyl (C=O) groups is 1. The van der Waals surface area contributed by atoms with Crippen LogP contribution in [0.2, 0.25) is 0 Å². The highest BCUT2D eigenvalue weighted by Gasteiger charge is 2.17. The average molecular weight is 263 g/mol.